The second-order valence-electron chi connectivity index (χ2n) is 4.84. The Labute approximate surface area is 132 Å². The minimum absolute atomic E-state index is 0.434. The molecule has 5 heteroatoms. The molecule has 114 valence electrons. The molecule has 0 amide bonds. The van der Waals surface area contributed by atoms with Crippen LogP contribution < -0.4 is 9.47 Å². The summed E-state index contributed by atoms with van der Waals surface area (Å²) in [5, 5.41) is 11.9. The van der Waals surface area contributed by atoms with Gasteiger partial charge in [-0.15, -0.1) is 0 Å². The van der Waals surface area contributed by atoms with Crippen molar-refractivity contribution in [3.8, 4) is 11.5 Å². The van der Waals surface area contributed by atoms with E-state index in [1.165, 1.54) is 0 Å². The summed E-state index contributed by atoms with van der Waals surface area (Å²) in [6, 6.07) is 12.3. The van der Waals surface area contributed by atoms with Gasteiger partial charge in [0.05, 0.1) is 19.6 Å². The van der Waals surface area contributed by atoms with Crippen molar-refractivity contribution in [2.24, 2.45) is 0 Å². The number of hydrogen-bond donors (Lipinski definition) is 1. The summed E-state index contributed by atoms with van der Waals surface area (Å²) in [4.78, 5) is 0. The van der Waals surface area contributed by atoms with Gasteiger partial charge in [-0.05, 0) is 23.8 Å². The highest BCUT2D eigenvalue weighted by Crippen LogP contribution is 2.36. The van der Waals surface area contributed by atoms with Crippen molar-refractivity contribution < 1.29 is 19.0 Å². The summed E-state index contributed by atoms with van der Waals surface area (Å²) in [6.07, 6.45) is -0.875. The van der Waals surface area contributed by atoms with E-state index < -0.39 is 6.10 Å². The highest BCUT2D eigenvalue weighted by atomic mass is 35.5. The Hall–Kier alpha value is -2.17. The molecule has 1 heterocycles. The first-order valence-electron chi connectivity index (χ1n) is 6.71. The Morgan fingerprint density at radius 2 is 1.77 bits per heavy atom. The second-order valence-corrected chi connectivity index (χ2v) is 5.28. The maximum Gasteiger partial charge on any atom is 0.141 e. The molecule has 0 saturated carbocycles. The number of halogens is 1. The zero-order valence-electron chi connectivity index (χ0n) is 12.2. The lowest BCUT2D eigenvalue weighted by molar-refractivity contribution is 0.192. The third-order valence-corrected chi connectivity index (χ3v) is 3.75. The largest absolute Gasteiger partial charge is 0.496 e. The van der Waals surface area contributed by atoms with E-state index in [0.29, 0.717) is 33.4 Å². The van der Waals surface area contributed by atoms with Crippen LogP contribution in [0.3, 0.4) is 0 Å². The molecule has 4 nitrogen and oxygen atoms in total. The van der Waals surface area contributed by atoms with E-state index in [0.717, 1.165) is 5.39 Å². The van der Waals surface area contributed by atoms with Crippen LogP contribution in [-0.2, 0) is 0 Å². The summed E-state index contributed by atoms with van der Waals surface area (Å²) in [5.74, 6) is 1.70. The number of benzene rings is 2. The molecule has 0 aliphatic carbocycles. The van der Waals surface area contributed by atoms with Gasteiger partial charge in [-0.3, -0.25) is 0 Å². The molecular formula is C17H15ClO4. The molecule has 0 spiro atoms. The normalized spacial score (nSPS) is 12.4. The molecule has 0 aliphatic rings. The summed E-state index contributed by atoms with van der Waals surface area (Å²) in [5.41, 5.74) is 1.30. The third kappa shape index (κ3) is 2.63. The minimum atomic E-state index is -0.875. The minimum Gasteiger partial charge on any atom is -0.496 e. The molecule has 3 aromatic rings. The van der Waals surface area contributed by atoms with Gasteiger partial charge in [0.25, 0.3) is 0 Å². The van der Waals surface area contributed by atoms with Crippen LogP contribution in [0.4, 0.5) is 0 Å². The number of aliphatic hydroxyl groups is 1. The standard InChI is InChI=1S/C17H15ClO4/c1-20-12-7-14(21-2)13-9-16(22-15(13)8-12)17(19)10-3-5-11(18)6-4-10/h3-9,17,19H,1-2H3. The lowest BCUT2D eigenvalue weighted by Gasteiger charge is -2.07. The van der Waals surface area contributed by atoms with Crippen LogP contribution in [0.15, 0.2) is 46.9 Å². The number of ether oxygens (including phenoxy) is 2. The Balaban J connectivity index is 2.06. The third-order valence-electron chi connectivity index (χ3n) is 3.50. The average Bonchev–Trinajstić information content (AvgIpc) is 2.97. The average molecular weight is 319 g/mol. The number of methoxy groups -OCH3 is 2. The van der Waals surface area contributed by atoms with E-state index >= 15 is 0 Å². The molecule has 1 unspecified atom stereocenters. The van der Waals surface area contributed by atoms with Crippen molar-refractivity contribution in [1.29, 1.82) is 0 Å². The smallest absolute Gasteiger partial charge is 0.141 e. The summed E-state index contributed by atoms with van der Waals surface area (Å²) < 4.78 is 16.3. The Bertz CT molecular complexity index is 792. The van der Waals surface area contributed by atoms with Crippen molar-refractivity contribution in [3.05, 3.63) is 58.8 Å². The van der Waals surface area contributed by atoms with Gasteiger partial charge in [-0.1, -0.05) is 23.7 Å². The van der Waals surface area contributed by atoms with Crippen molar-refractivity contribution in [3.63, 3.8) is 0 Å². The highest BCUT2D eigenvalue weighted by molar-refractivity contribution is 6.30. The van der Waals surface area contributed by atoms with Gasteiger partial charge < -0.3 is 19.0 Å². The van der Waals surface area contributed by atoms with Gasteiger partial charge in [0.1, 0.15) is 28.9 Å². The van der Waals surface area contributed by atoms with Gasteiger partial charge in [-0.25, -0.2) is 0 Å². The van der Waals surface area contributed by atoms with Crippen molar-refractivity contribution in [2.45, 2.75) is 6.10 Å². The Morgan fingerprint density at radius 3 is 2.41 bits per heavy atom. The molecule has 2 aromatic carbocycles. The summed E-state index contributed by atoms with van der Waals surface area (Å²) >= 11 is 5.86. The molecule has 0 bridgehead atoms. The van der Waals surface area contributed by atoms with Crippen LogP contribution >= 0.6 is 11.6 Å². The van der Waals surface area contributed by atoms with E-state index in [1.54, 1.807) is 56.7 Å². The Kier molecular flexibility index (Phi) is 3.96. The molecular weight excluding hydrogens is 304 g/mol. The lowest BCUT2D eigenvalue weighted by atomic mass is 10.1. The van der Waals surface area contributed by atoms with Gasteiger partial charge >= 0.3 is 0 Å². The maximum absolute atomic E-state index is 10.5. The first-order chi connectivity index (χ1) is 10.6. The van der Waals surface area contributed by atoms with Gasteiger partial charge in [-0.2, -0.15) is 0 Å². The number of furan rings is 1. The summed E-state index contributed by atoms with van der Waals surface area (Å²) in [6.45, 7) is 0. The molecule has 0 saturated heterocycles. The van der Waals surface area contributed by atoms with Crippen molar-refractivity contribution in [2.75, 3.05) is 14.2 Å². The van der Waals surface area contributed by atoms with E-state index in [9.17, 15) is 5.11 Å². The summed E-state index contributed by atoms with van der Waals surface area (Å²) in [7, 11) is 3.16. The topological polar surface area (TPSA) is 51.8 Å². The zero-order valence-corrected chi connectivity index (χ0v) is 12.9. The predicted octanol–water partition coefficient (Wildman–Crippen LogP) is 4.19. The van der Waals surface area contributed by atoms with Gasteiger partial charge in [0, 0.05) is 17.2 Å². The van der Waals surface area contributed by atoms with Gasteiger partial charge in [0.2, 0.25) is 0 Å². The molecule has 1 aromatic heterocycles. The quantitative estimate of drug-likeness (QED) is 0.784. The highest BCUT2D eigenvalue weighted by Gasteiger charge is 2.18. The molecule has 22 heavy (non-hydrogen) atoms. The van der Waals surface area contributed by atoms with Gasteiger partial charge in [0.15, 0.2) is 0 Å². The van der Waals surface area contributed by atoms with E-state index in [4.69, 9.17) is 25.5 Å². The first-order valence-corrected chi connectivity index (χ1v) is 7.09. The number of fused-ring (bicyclic) bond motifs is 1. The Morgan fingerprint density at radius 1 is 1.05 bits per heavy atom. The number of hydrogen-bond acceptors (Lipinski definition) is 4. The van der Waals surface area contributed by atoms with Crippen molar-refractivity contribution in [1.82, 2.24) is 0 Å². The monoisotopic (exact) mass is 318 g/mol. The zero-order chi connectivity index (χ0) is 15.7. The van der Waals surface area contributed by atoms with Crippen LogP contribution in [-0.4, -0.2) is 19.3 Å². The molecule has 1 N–H and O–H groups in total. The lowest BCUT2D eigenvalue weighted by Crippen LogP contribution is -1.97. The van der Waals surface area contributed by atoms with Crippen LogP contribution in [0.2, 0.25) is 5.02 Å². The maximum atomic E-state index is 10.5. The van der Waals surface area contributed by atoms with Crippen LogP contribution in [0.25, 0.3) is 11.0 Å². The van der Waals surface area contributed by atoms with Crippen LogP contribution in [0, 0.1) is 0 Å². The molecule has 3 rings (SSSR count). The van der Waals surface area contributed by atoms with Crippen molar-refractivity contribution >= 4 is 22.6 Å². The fourth-order valence-electron chi connectivity index (χ4n) is 2.33. The van der Waals surface area contributed by atoms with E-state index in [-0.39, 0.29) is 0 Å². The predicted molar refractivity (Wildman–Crippen MR) is 84.8 cm³/mol. The molecule has 0 aliphatic heterocycles. The fourth-order valence-corrected chi connectivity index (χ4v) is 2.46. The SMILES string of the molecule is COc1cc(OC)c2cc(C(O)c3ccc(Cl)cc3)oc2c1. The first kappa shape index (κ1) is 14.8. The molecule has 0 fully saturated rings. The molecule has 0 radical (unpaired) electrons. The fraction of sp³-hybridized carbons (Fsp3) is 0.176. The number of rotatable bonds is 4. The van der Waals surface area contributed by atoms with E-state index in [2.05, 4.69) is 0 Å². The van der Waals surface area contributed by atoms with E-state index in [1.807, 2.05) is 0 Å². The second kappa shape index (κ2) is 5.91. The molecule has 1 atom stereocenters. The van der Waals surface area contributed by atoms with Crippen LogP contribution in [0.1, 0.15) is 17.4 Å². The van der Waals surface area contributed by atoms with Crippen LogP contribution in [0.5, 0.6) is 11.5 Å². The number of aliphatic hydroxyl groups excluding tert-OH is 1.